The van der Waals surface area contributed by atoms with Gasteiger partial charge >= 0.3 is 0 Å². The summed E-state index contributed by atoms with van der Waals surface area (Å²) in [6.45, 7) is 2.37. The van der Waals surface area contributed by atoms with Gasteiger partial charge in [-0.3, -0.25) is 9.36 Å². The number of nitrogens with zero attached hydrogens (tertiary/aromatic N) is 3. The smallest absolute Gasteiger partial charge is 0.281 e. The Bertz CT molecular complexity index is 1240. The fourth-order valence-corrected chi connectivity index (χ4v) is 5.30. The lowest BCUT2D eigenvalue weighted by molar-refractivity contribution is 0.390. The molecule has 4 aromatic rings. The summed E-state index contributed by atoms with van der Waals surface area (Å²) in [6, 6.07) is 9.63. The molecular formula is C20H19N3O3S3. The van der Waals surface area contributed by atoms with E-state index in [1.165, 1.54) is 23.1 Å². The van der Waals surface area contributed by atoms with Crippen molar-refractivity contribution in [2.24, 2.45) is 0 Å². The van der Waals surface area contributed by atoms with Crippen molar-refractivity contribution in [2.75, 3.05) is 20.5 Å². The second-order valence-corrected chi connectivity index (χ2v) is 9.57. The predicted molar refractivity (Wildman–Crippen MR) is 120 cm³/mol. The SMILES string of the molecule is COc1ccc(Cn2c(-c3ccc(C)s3)nc3sc(SC)nc3c2=O)c(OC)c1. The van der Waals surface area contributed by atoms with Crippen molar-refractivity contribution in [3.8, 4) is 22.2 Å². The number of fused-ring (bicyclic) bond motifs is 1. The first-order valence-corrected chi connectivity index (χ1v) is 11.6. The Kier molecular flexibility index (Phi) is 5.62. The molecule has 0 atom stereocenters. The van der Waals surface area contributed by atoms with Crippen molar-refractivity contribution in [2.45, 2.75) is 17.8 Å². The van der Waals surface area contributed by atoms with Gasteiger partial charge in [-0.1, -0.05) is 23.1 Å². The highest BCUT2D eigenvalue weighted by atomic mass is 32.2. The summed E-state index contributed by atoms with van der Waals surface area (Å²) in [6.07, 6.45) is 1.95. The molecule has 0 saturated carbocycles. The minimum absolute atomic E-state index is 0.148. The van der Waals surface area contributed by atoms with Crippen LogP contribution in [0.25, 0.3) is 21.0 Å². The summed E-state index contributed by atoms with van der Waals surface area (Å²) in [5.41, 5.74) is 1.13. The number of hydrogen-bond acceptors (Lipinski definition) is 8. The molecule has 0 aliphatic carbocycles. The van der Waals surface area contributed by atoms with Crippen molar-refractivity contribution in [3.63, 3.8) is 0 Å². The van der Waals surface area contributed by atoms with Crippen molar-refractivity contribution in [1.29, 1.82) is 0 Å². The van der Waals surface area contributed by atoms with Gasteiger partial charge in [0.1, 0.15) is 11.5 Å². The van der Waals surface area contributed by atoms with E-state index >= 15 is 0 Å². The summed E-state index contributed by atoms with van der Waals surface area (Å²) in [7, 11) is 3.22. The van der Waals surface area contributed by atoms with Gasteiger partial charge in [0.15, 0.2) is 20.5 Å². The van der Waals surface area contributed by atoms with Crippen LogP contribution in [-0.4, -0.2) is 35.0 Å². The van der Waals surface area contributed by atoms with E-state index in [1.54, 1.807) is 30.1 Å². The summed E-state index contributed by atoms with van der Waals surface area (Å²) >= 11 is 4.58. The number of aryl methyl sites for hydroxylation is 1. The number of methoxy groups -OCH3 is 2. The Morgan fingerprint density at radius 2 is 1.93 bits per heavy atom. The molecule has 0 aliphatic heterocycles. The third kappa shape index (κ3) is 3.77. The van der Waals surface area contributed by atoms with E-state index in [4.69, 9.17) is 14.5 Å². The lowest BCUT2D eigenvalue weighted by atomic mass is 10.2. The van der Waals surface area contributed by atoms with Crippen LogP contribution < -0.4 is 15.0 Å². The van der Waals surface area contributed by atoms with Gasteiger partial charge in [-0.25, -0.2) is 9.97 Å². The first kappa shape index (κ1) is 19.9. The average Bonchev–Trinajstić information content (AvgIpc) is 3.36. The Morgan fingerprint density at radius 3 is 2.59 bits per heavy atom. The van der Waals surface area contributed by atoms with Crippen molar-refractivity contribution >= 4 is 44.8 Å². The van der Waals surface area contributed by atoms with Crippen LogP contribution in [0.4, 0.5) is 0 Å². The standard InChI is InChI=1S/C20H19N3O3S3/c1-11-5-8-15(28-11)17-22-18-16(21-20(27-4)29-18)19(24)23(17)10-12-6-7-13(25-2)9-14(12)26-3/h5-9H,10H2,1-4H3. The molecule has 0 amide bonds. The summed E-state index contributed by atoms with van der Waals surface area (Å²) < 4.78 is 13.3. The summed E-state index contributed by atoms with van der Waals surface area (Å²) in [5.74, 6) is 2.01. The maximum atomic E-state index is 13.4. The molecule has 1 aromatic carbocycles. The topological polar surface area (TPSA) is 66.2 Å². The monoisotopic (exact) mass is 445 g/mol. The molecule has 0 radical (unpaired) electrons. The molecule has 0 saturated heterocycles. The molecule has 0 N–H and O–H groups in total. The number of rotatable bonds is 6. The Balaban J connectivity index is 1.92. The number of benzene rings is 1. The molecule has 9 heteroatoms. The van der Waals surface area contributed by atoms with E-state index in [1.807, 2.05) is 43.5 Å². The number of thioether (sulfide) groups is 1. The molecule has 3 heterocycles. The fourth-order valence-electron chi connectivity index (χ4n) is 3.02. The highest BCUT2D eigenvalue weighted by molar-refractivity contribution is 8.00. The predicted octanol–water partition coefficient (Wildman–Crippen LogP) is 4.68. The number of thiophene rings is 1. The van der Waals surface area contributed by atoms with Crippen LogP contribution >= 0.6 is 34.4 Å². The summed E-state index contributed by atoms with van der Waals surface area (Å²) in [4.78, 5) is 25.5. The van der Waals surface area contributed by atoms with Crippen LogP contribution in [0.2, 0.25) is 0 Å². The van der Waals surface area contributed by atoms with Crippen LogP contribution in [0.15, 0.2) is 39.5 Å². The quantitative estimate of drug-likeness (QED) is 0.402. The van der Waals surface area contributed by atoms with E-state index in [-0.39, 0.29) is 5.56 Å². The third-order valence-corrected chi connectivity index (χ3v) is 7.39. The molecule has 6 nitrogen and oxygen atoms in total. The average molecular weight is 446 g/mol. The molecule has 150 valence electrons. The van der Waals surface area contributed by atoms with Crippen LogP contribution in [0.1, 0.15) is 10.4 Å². The van der Waals surface area contributed by atoms with Crippen LogP contribution in [0, 0.1) is 6.92 Å². The van der Waals surface area contributed by atoms with Gasteiger partial charge in [-0.05, 0) is 37.4 Å². The molecule has 0 bridgehead atoms. The van der Waals surface area contributed by atoms with Crippen LogP contribution in [-0.2, 0) is 6.54 Å². The second-order valence-electron chi connectivity index (χ2n) is 6.25. The normalized spacial score (nSPS) is 11.2. The second kappa shape index (κ2) is 8.17. The molecule has 29 heavy (non-hydrogen) atoms. The zero-order valence-electron chi connectivity index (χ0n) is 16.4. The largest absolute Gasteiger partial charge is 0.497 e. The van der Waals surface area contributed by atoms with Gasteiger partial charge in [0.2, 0.25) is 0 Å². The molecule has 0 spiro atoms. The molecule has 0 fully saturated rings. The van der Waals surface area contributed by atoms with Gasteiger partial charge in [0.05, 0.1) is 25.6 Å². The van der Waals surface area contributed by atoms with Crippen LogP contribution in [0.3, 0.4) is 0 Å². The van der Waals surface area contributed by atoms with E-state index < -0.39 is 0 Å². The summed E-state index contributed by atoms with van der Waals surface area (Å²) in [5, 5.41) is 0. The van der Waals surface area contributed by atoms with E-state index in [0.717, 1.165) is 19.7 Å². The molecular weight excluding hydrogens is 426 g/mol. The fraction of sp³-hybridized carbons (Fsp3) is 0.250. The van der Waals surface area contributed by atoms with Crippen molar-refractivity contribution in [3.05, 3.63) is 51.1 Å². The van der Waals surface area contributed by atoms with Crippen LogP contribution in [0.5, 0.6) is 11.5 Å². The van der Waals surface area contributed by atoms with Gasteiger partial charge in [-0.15, -0.1) is 11.3 Å². The molecule has 4 rings (SSSR count). The van der Waals surface area contributed by atoms with E-state index in [2.05, 4.69) is 4.98 Å². The Morgan fingerprint density at radius 1 is 1.10 bits per heavy atom. The lowest BCUT2D eigenvalue weighted by Crippen LogP contribution is -2.24. The zero-order valence-corrected chi connectivity index (χ0v) is 18.8. The highest BCUT2D eigenvalue weighted by Crippen LogP contribution is 2.32. The molecule has 0 unspecified atom stereocenters. The van der Waals surface area contributed by atoms with Gasteiger partial charge in [-0.2, -0.15) is 0 Å². The van der Waals surface area contributed by atoms with Gasteiger partial charge < -0.3 is 9.47 Å². The Hall–Kier alpha value is -2.36. The van der Waals surface area contributed by atoms with Crippen molar-refractivity contribution < 1.29 is 9.47 Å². The highest BCUT2D eigenvalue weighted by Gasteiger charge is 2.19. The first-order chi connectivity index (χ1) is 14.0. The third-order valence-electron chi connectivity index (χ3n) is 4.46. The van der Waals surface area contributed by atoms with Gasteiger partial charge in [0, 0.05) is 16.5 Å². The van der Waals surface area contributed by atoms with E-state index in [0.29, 0.717) is 34.2 Å². The first-order valence-electron chi connectivity index (χ1n) is 8.77. The zero-order chi connectivity index (χ0) is 20.5. The number of ether oxygens (including phenoxy) is 2. The maximum absolute atomic E-state index is 13.4. The van der Waals surface area contributed by atoms with E-state index in [9.17, 15) is 4.79 Å². The van der Waals surface area contributed by atoms with Gasteiger partial charge in [0.25, 0.3) is 5.56 Å². The van der Waals surface area contributed by atoms with Crippen molar-refractivity contribution in [1.82, 2.24) is 14.5 Å². The number of aromatic nitrogens is 3. The molecule has 3 aromatic heterocycles. The number of thiazole rings is 1. The number of hydrogen-bond donors (Lipinski definition) is 0. The lowest BCUT2D eigenvalue weighted by Gasteiger charge is -2.14. The minimum atomic E-state index is -0.148. The molecule has 0 aliphatic rings. The maximum Gasteiger partial charge on any atom is 0.281 e. The Labute approximate surface area is 180 Å². The minimum Gasteiger partial charge on any atom is -0.497 e.